The number of fused-ring (bicyclic) bond motifs is 1. The van der Waals surface area contributed by atoms with E-state index < -0.39 is 0 Å². The first-order valence-corrected chi connectivity index (χ1v) is 5.62. The third-order valence-corrected chi connectivity index (χ3v) is 3.49. The van der Waals surface area contributed by atoms with E-state index in [1.54, 1.807) is 11.1 Å². The third-order valence-electron chi connectivity index (χ3n) is 3.49. The molecule has 15 heavy (non-hydrogen) atoms. The van der Waals surface area contributed by atoms with E-state index in [1.807, 2.05) is 6.21 Å². The molecule has 0 saturated heterocycles. The van der Waals surface area contributed by atoms with E-state index in [0.717, 1.165) is 6.42 Å². The number of aryl methyl sites for hydroxylation is 1. The first-order valence-electron chi connectivity index (χ1n) is 5.62. The van der Waals surface area contributed by atoms with Crippen LogP contribution < -0.4 is 0 Å². The fourth-order valence-corrected chi connectivity index (χ4v) is 2.64. The third kappa shape index (κ3) is 1.52. The highest BCUT2D eigenvalue weighted by atomic mass is 14.7. The Morgan fingerprint density at radius 3 is 2.87 bits per heavy atom. The molecule has 0 amide bonds. The molecule has 1 aliphatic heterocycles. The van der Waals surface area contributed by atoms with E-state index >= 15 is 0 Å². The van der Waals surface area contributed by atoms with Crippen LogP contribution in [0.15, 0.2) is 35.0 Å². The molecule has 0 fully saturated rings. The summed E-state index contributed by atoms with van der Waals surface area (Å²) < 4.78 is 0. The van der Waals surface area contributed by atoms with Crippen LogP contribution in [-0.4, -0.2) is 6.21 Å². The molecule has 1 heterocycles. The van der Waals surface area contributed by atoms with Gasteiger partial charge in [-0.2, -0.15) is 0 Å². The molecule has 1 atom stereocenters. The van der Waals surface area contributed by atoms with Gasteiger partial charge in [-0.05, 0) is 42.4 Å². The highest BCUT2D eigenvalue weighted by Gasteiger charge is 2.24. The Balaban J connectivity index is 1.86. The minimum atomic E-state index is 0.712. The van der Waals surface area contributed by atoms with Crippen LogP contribution in [-0.2, 0) is 12.8 Å². The van der Waals surface area contributed by atoms with E-state index in [1.165, 1.54) is 24.0 Å². The molecule has 0 radical (unpaired) electrons. The number of nitrogens with zero attached hydrogens (tertiary/aromatic N) is 1. The summed E-state index contributed by atoms with van der Waals surface area (Å²) in [6.07, 6.45) is 7.57. The summed E-state index contributed by atoms with van der Waals surface area (Å²) in [7, 11) is 0. The van der Waals surface area contributed by atoms with Crippen molar-refractivity contribution in [3.63, 3.8) is 0 Å². The van der Waals surface area contributed by atoms with Gasteiger partial charge in [0, 0.05) is 18.8 Å². The average molecular weight is 197 g/mol. The lowest BCUT2D eigenvalue weighted by atomic mass is 9.95. The van der Waals surface area contributed by atoms with Crippen LogP contribution in [0.4, 0.5) is 0 Å². The molecule has 1 aliphatic carbocycles. The number of hydrogen-bond acceptors (Lipinski definition) is 1. The summed E-state index contributed by atoms with van der Waals surface area (Å²) in [6.45, 7) is 2.17. The lowest BCUT2D eigenvalue weighted by Gasteiger charge is -2.08. The van der Waals surface area contributed by atoms with Gasteiger partial charge < -0.3 is 0 Å². The quantitative estimate of drug-likeness (QED) is 0.656. The van der Waals surface area contributed by atoms with Crippen LogP contribution in [0.25, 0.3) is 0 Å². The summed E-state index contributed by atoms with van der Waals surface area (Å²) in [4.78, 5) is 4.20. The number of hydrogen-bond donors (Lipinski definition) is 0. The van der Waals surface area contributed by atoms with Crippen molar-refractivity contribution in [3.8, 4) is 0 Å². The van der Waals surface area contributed by atoms with Gasteiger partial charge in [0.05, 0.1) is 0 Å². The summed E-state index contributed by atoms with van der Waals surface area (Å²) in [5.41, 5.74) is 5.99. The Labute approximate surface area is 90.5 Å². The predicted octanol–water partition coefficient (Wildman–Crippen LogP) is 3.07. The normalized spacial score (nSPS) is 23.0. The summed E-state index contributed by atoms with van der Waals surface area (Å²) in [5.74, 6) is 0.712. The first kappa shape index (κ1) is 8.90. The van der Waals surface area contributed by atoms with Gasteiger partial charge in [-0.15, -0.1) is 0 Å². The van der Waals surface area contributed by atoms with E-state index in [2.05, 4.69) is 36.3 Å². The molecule has 1 aromatic carbocycles. The van der Waals surface area contributed by atoms with Gasteiger partial charge in [-0.3, -0.25) is 4.99 Å². The number of benzene rings is 1. The molecule has 2 aliphatic rings. The molecular formula is C14H15N. The smallest absolute Gasteiger partial charge is 0.0262 e. The number of allylic oxidation sites excluding steroid dienone is 1. The van der Waals surface area contributed by atoms with Crippen molar-refractivity contribution in [1.29, 1.82) is 0 Å². The van der Waals surface area contributed by atoms with Crippen LogP contribution in [0, 0.1) is 12.8 Å². The zero-order valence-electron chi connectivity index (χ0n) is 9.03. The van der Waals surface area contributed by atoms with Crippen molar-refractivity contribution in [2.75, 3.05) is 0 Å². The molecule has 0 spiro atoms. The zero-order chi connectivity index (χ0) is 10.3. The van der Waals surface area contributed by atoms with Gasteiger partial charge in [0.25, 0.3) is 0 Å². The molecule has 76 valence electrons. The van der Waals surface area contributed by atoms with Crippen LogP contribution in [0.1, 0.15) is 23.1 Å². The Bertz CT molecular complexity index is 454. The molecule has 1 heteroatoms. The predicted molar refractivity (Wildman–Crippen MR) is 63.3 cm³/mol. The first-order chi connectivity index (χ1) is 7.33. The molecule has 0 N–H and O–H groups in total. The van der Waals surface area contributed by atoms with Crippen LogP contribution in [0.2, 0.25) is 0 Å². The SMILES string of the molecule is Cc1ccc2c(c1)CC(C1=CN=CC1)C2. The van der Waals surface area contributed by atoms with Crippen molar-refractivity contribution < 1.29 is 0 Å². The van der Waals surface area contributed by atoms with Gasteiger partial charge in [0.15, 0.2) is 0 Å². The molecular weight excluding hydrogens is 182 g/mol. The summed E-state index contributed by atoms with van der Waals surface area (Å²) >= 11 is 0. The maximum absolute atomic E-state index is 4.20. The van der Waals surface area contributed by atoms with Crippen LogP contribution in [0.5, 0.6) is 0 Å². The van der Waals surface area contributed by atoms with Crippen molar-refractivity contribution in [1.82, 2.24) is 0 Å². The van der Waals surface area contributed by atoms with Gasteiger partial charge in [-0.25, -0.2) is 0 Å². The molecule has 3 rings (SSSR count). The molecule has 1 unspecified atom stereocenters. The molecule has 0 saturated carbocycles. The number of rotatable bonds is 1. The highest BCUT2D eigenvalue weighted by molar-refractivity contribution is 5.66. The summed E-state index contributed by atoms with van der Waals surface area (Å²) in [6, 6.07) is 6.85. The average Bonchev–Trinajstić information content (AvgIpc) is 2.84. The van der Waals surface area contributed by atoms with E-state index in [4.69, 9.17) is 0 Å². The monoisotopic (exact) mass is 197 g/mol. The number of aliphatic imine (C=N–C) groups is 1. The Morgan fingerprint density at radius 2 is 2.07 bits per heavy atom. The standard InChI is InChI=1S/C14H15N/c1-10-2-3-11-7-14(8-13(11)6-10)12-4-5-15-9-12/h2-3,5-6,9,14H,4,7-8H2,1H3. The van der Waals surface area contributed by atoms with Crippen molar-refractivity contribution in [2.24, 2.45) is 10.9 Å². The zero-order valence-corrected chi connectivity index (χ0v) is 9.03. The molecule has 0 aromatic heterocycles. The van der Waals surface area contributed by atoms with Crippen LogP contribution in [0.3, 0.4) is 0 Å². The van der Waals surface area contributed by atoms with Gasteiger partial charge in [0.2, 0.25) is 0 Å². The lowest BCUT2D eigenvalue weighted by Crippen LogP contribution is -2.02. The largest absolute Gasteiger partial charge is 0.269 e. The van der Waals surface area contributed by atoms with Gasteiger partial charge in [0.1, 0.15) is 0 Å². The minimum absolute atomic E-state index is 0.712. The molecule has 0 bridgehead atoms. The lowest BCUT2D eigenvalue weighted by molar-refractivity contribution is 0.652. The van der Waals surface area contributed by atoms with Crippen molar-refractivity contribution >= 4 is 6.21 Å². The Hall–Kier alpha value is -1.37. The Kier molecular flexibility index (Phi) is 1.98. The molecule has 1 nitrogen and oxygen atoms in total. The topological polar surface area (TPSA) is 12.4 Å². The second-order valence-corrected chi connectivity index (χ2v) is 4.62. The summed E-state index contributed by atoms with van der Waals surface area (Å²) in [5, 5.41) is 0. The fourth-order valence-electron chi connectivity index (χ4n) is 2.64. The molecule has 1 aromatic rings. The van der Waals surface area contributed by atoms with Crippen molar-refractivity contribution in [3.05, 3.63) is 46.7 Å². The van der Waals surface area contributed by atoms with E-state index in [0.29, 0.717) is 5.92 Å². The van der Waals surface area contributed by atoms with Crippen molar-refractivity contribution in [2.45, 2.75) is 26.2 Å². The second-order valence-electron chi connectivity index (χ2n) is 4.62. The Morgan fingerprint density at radius 1 is 1.20 bits per heavy atom. The maximum Gasteiger partial charge on any atom is 0.0262 e. The fraction of sp³-hybridized carbons (Fsp3) is 0.357. The van der Waals surface area contributed by atoms with Crippen LogP contribution >= 0.6 is 0 Å². The second kappa shape index (κ2) is 3.34. The van der Waals surface area contributed by atoms with E-state index in [-0.39, 0.29) is 0 Å². The minimum Gasteiger partial charge on any atom is -0.269 e. The van der Waals surface area contributed by atoms with Gasteiger partial charge in [-0.1, -0.05) is 23.8 Å². The van der Waals surface area contributed by atoms with E-state index in [9.17, 15) is 0 Å². The highest BCUT2D eigenvalue weighted by Crippen LogP contribution is 2.33. The van der Waals surface area contributed by atoms with Gasteiger partial charge >= 0.3 is 0 Å². The maximum atomic E-state index is 4.20.